The molecule has 1 N–H and O–H groups in total. The zero-order chi connectivity index (χ0) is 24.9. The number of rotatable bonds is 6. The first-order valence-corrected chi connectivity index (χ1v) is 12.1. The summed E-state index contributed by atoms with van der Waals surface area (Å²) in [4.78, 5) is 52.3. The Bertz CT molecular complexity index is 966. The summed E-state index contributed by atoms with van der Waals surface area (Å²) >= 11 is 0.824. The molecule has 1 aromatic carbocycles. The van der Waals surface area contributed by atoms with E-state index >= 15 is 0 Å². The summed E-state index contributed by atoms with van der Waals surface area (Å²) in [5, 5.41) is 2.37. The van der Waals surface area contributed by atoms with Crippen molar-refractivity contribution in [1.29, 1.82) is 0 Å². The van der Waals surface area contributed by atoms with Crippen LogP contribution < -0.4 is 5.32 Å². The molecule has 0 radical (unpaired) electrons. The molecule has 0 aliphatic carbocycles. The van der Waals surface area contributed by atoms with Gasteiger partial charge in [0.25, 0.3) is 11.1 Å². The maximum absolute atomic E-state index is 13.0. The Kier molecular flexibility index (Phi) is 8.35. The van der Waals surface area contributed by atoms with Crippen molar-refractivity contribution < 1.29 is 28.3 Å². The second-order valence-electron chi connectivity index (χ2n) is 9.35. The minimum absolute atomic E-state index is 0.0776. The first kappa shape index (κ1) is 25.7. The summed E-state index contributed by atoms with van der Waals surface area (Å²) in [6.45, 7) is 6.81. The molecule has 2 heterocycles. The van der Waals surface area contributed by atoms with Crippen LogP contribution in [-0.2, 0) is 14.3 Å². The molecule has 10 heteroatoms. The Morgan fingerprint density at radius 1 is 1.18 bits per heavy atom. The number of piperidine rings is 1. The lowest BCUT2D eigenvalue weighted by atomic mass is 9.93. The van der Waals surface area contributed by atoms with Crippen LogP contribution in [0.1, 0.15) is 45.6 Å². The van der Waals surface area contributed by atoms with Crippen LogP contribution in [0.3, 0.4) is 0 Å². The van der Waals surface area contributed by atoms with Crippen molar-refractivity contribution in [3.63, 3.8) is 0 Å². The van der Waals surface area contributed by atoms with Crippen LogP contribution in [0.2, 0.25) is 0 Å². The van der Waals surface area contributed by atoms with E-state index in [1.54, 1.807) is 11.0 Å². The highest BCUT2D eigenvalue weighted by atomic mass is 32.2. The number of hydrogen-bond acceptors (Lipinski definition) is 6. The standard InChI is InChI=1S/C24H30FN3O5S/c1-24(2,3)33-22(31)27-11-8-17(9-12-27)15-20(29)26-10-13-28-21(30)19(34-23(28)32)14-16-4-6-18(25)7-5-16/h4-7,14,17H,8-13,15H2,1-3H3,(H,26,29)/b19-14+. The van der Waals surface area contributed by atoms with Crippen LogP contribution in [0, 0.1) is 11.7 Å². The Morgan fingerprint density at radius 3 is 2.44 bits per heavy atom. The van der Waals surface area contributed by atoms with Gasteiger partial charge in [0.1, 0.15) is 11.4 Å². The summed E-state index contributed by atoms with van der Waals surface area (Å²) in [5.74, 6) is -0.795. The molecule has 4 amide bonds. The van der Waals surface area contributed by atoms with Crippen molar-refractivity contribution >= 4 is 41.0 Å². The lowest BCUT2D eigenvalue weighted by Gasteiger charge is -2.33. The number of hydrogen-bond donors (Lipinski definition) is 1. The molecule has 0 spiro atoms. The number of halogens is 1. The fourth-order valence-electron chi connectivity index (χ4n) is 3.69. The van der Waals surface area contributed by atoms with E-state index in [4.69, 9.17) is 4.74 Å². The van der Waals surface area contributed by atoms with Gasteiger partial charge in [0.05, 0.1) is 4.91 Å². The number of amides is 4. The van der Waals surface area contributed by atoms with Crippen LogP contribution in [0.15, 0.2) is 29.2 Å². The van der Waals surface area contributed by atoms with E-state index < -0.39 is 16.7 Å². The molecule has 1 aromatic rings. The number of ether oxygens (including phenoxy) is 1. The number of benzene rings is 1. The molecule has 2 aliphatic heterocycles. The zero-order valence-electron chi connectivity index (χ0n) is 19.6. The van der Waals surface area contributed by atoms with Crippen LogP contribution in [0.5, 0.6) is 0 Å². The quantitative estimate of drug-likeness (QED) is 0.604. The van der Waals surface area contributed by atoms with Gasteiger partial charge in [-0.1, -0.05) is 12.1 Å². The first-order valence-electron chi connectivity index (χ1n) is 11.3. The molecule has 2 fully saturated rings. The Morgan fingerprint density at radius 2 is 1.82 bits per heavy atom. The molecule has 0 bridgehead atoms. The van der Waals surface area contributed by atoms with Gasteiger partial charge in [-0.3, -0.25) is 19.3 Å². The summed E-state index contributed by atoms with van der Waals surface area (Å²) in [6, 6.07) is 5.63. The average Bonchev–Trinajstić information content (AvgIpc) is 3.02. The molecule has 0 unspecified atom stereocenters. The second kappa shape index (κ2) is 11.0. The summed E-state index contributed by atoms with van der Waals surface area (Å²) in [5.41, 5.74) is 0.0833. The van der Waals surface area contributed by atoms with Crippen molar-refractivity contribution in [3.05, 3.63) is 40.6 Å². The normalized spacial score (nSPS) is 18.5. The number of carbonyl (C=O) groups is 4. The second-order valence-corrected chi connectivity index (χ2v) is 10.3. The summed E-state index contributed by atoms with van der Waals surface area (Å²) < 4.78 is 18.4. The minimum atomic E-state index is -0.540. The summed E-state index contributed by atoms with van der Waals surface area (Å²) in [6.07, 6.45) is 2.97. The predicted molar refractivity (Wildman–Crippen MR) is 127 cm³/mol. The lowest BCUT2D eigenvalue weighted by Crippen LogP contribution is -2.42. The van der Waals surface area contributed by atoms with Crippen molar-refractivity contribution in [2.45, 2.75) is 45.6 Å². The number of nitrogens with zero attached hydrogens (tertiary/aromatic N) is 2. The van der Waals surface area contributed by atoms with Gasteiger partial charge < -0.3 is 15.0 Å². The smallest absolute Gasteiger partial charge is 0.410 e. The molecular weight excluding hydrogens is 461 g/mol. The van der Waals surface area contributed by atoms with E-state index in [0.717, 1.165) is 16.7 Å². The SMILES string of the molecule is CC(C)(C)OC(=O)N1CCC(CC(=O)NCCN2C(=O)S/C(=C/c3ccc(F)cc3)C2=O)CC1. The van der Waals surface area contributed by atoms with Gasteiger partial charge in [-0.15, -0.1) is 0 Å². The molecule has 0 saturated carbocycles. The number of likely N-dealkylation sites (tertiary alicyclic amines) is 1. The van der Waals surface area contributed by atoms with E-state index in [1.807, 2.05) is 20.8 Å². The van der Waals surface area contributed by atoms with Gasteiger partial charge >= 0.3 is 6.09 Å². The fourth-order valence-corrected chi connectivity index (χ4v) is 4.56. The van der Waals surface area contributed by atoms with E-state index in [9.17, 15) is 23.6 Å². The molecule has 0 atom stereocenters. The van der Waals surface area contributed by atoms with Crippen LogP contribution in [0.25, 0.3) is 6.08 Å². The molecule has 2 aliphatic rings. The highest BCUT2D eigenvalue weighted by Crippen LogP contribution is 2.32. The third-order valence-corrected chi connectivity index (χ3v) is 6.35. The predicted octanol–water partition coefficient (Wildman–Crippen LogP) is 4.02. The van der Waals surface area contributed by atoms with Gasteiger partial charge in [-0.05, 0) is 75.1 Å². The largest absolute Gasteiger partial charge is 0.444 e. The number of carbonyl (C=O) groups excluding carboxylic acids is 4. The minimum Gasteiger partial charge on any atom is -0.444 e. The average molecular weight is 492 g/mol. The van der Waals surface area contributed by atoms with Crippen LogP contribution in [0.4, 0.5) is 14.0 Å². The molecule has 34 heavy (non-hydrogen) atoms. The third-order valence-electron chi connectivity index (χ3n) is 5.44. The van der Waals surface area contributed by atoms with E-state index in [2.05, 4.69) is 5.32 Å². The van der Waals surface area contributed by atoms with Crippen molar-refractivity contribution in [3.8, 4) is 0 Å². The number of nitrogens with one attached hydrogen (secondary N) is 1. The Balaban J connectivity index is 1.40. The number of imide groups is 1. The van der Waals surface area contributed by atoms with Crippen molar-refractivity contribution in [2.75, 3.05) is 26.2 Å². The topological polar surface area (TPSA) is 96.0 Å². The van der Waals surface area contributed by atoms with Crippen LogP contribution in [-0.4, -0.2) is 64.7 Å². The van der Waals surface area contributed by atoms with E-state index in [0.29, 0.717) is 37.9 Å². The summed E-state index contributed by atoms with van der Waals surface area (Å²) in [7, 11) is 0. The van der Waals surface area contributed by atoms with Gasteiger partial charge in [0, 0.05) is 32.6 Å². The van der Waals surface area contributed by atoms with Gasteiger partial charge in [0.15, 0.2) is 0 Å². The lowest BCUT2D eigenvalue weighted by molar-refractivity contribution is -0.124. The fraction of sp³-hybridized carbons (Fsp3) is 0.500. The van der Waals surface area contributed by atoms with Crippen molar-refractivity contribution in [2.24, 2.45) is 5.92 Å². The maximum Gasteiger partial charge on any atom is 0.410 e. The zero-order valence-corrected chi connectivity index (χ0v) is 20.5. The van der Waals surface area contributed by atoms with E-state index in [1.165, 1.54) is 24.3 Å². The highest BCUT2D eigenvalue weighted by molar-refractivity contribution is 8.18. The molecule has 2 saturated heterocycles. The molecule has 8 nitrogen and oxygen atoms in total. The molecule has 3 rings (SSSR count). The first-order chi connectivity index (χ1) is 16.0. The molecular formula is C24H30FN3O5S. The Hall–Kier alpha value is -2.88. The molecule has 0 aromatic heterocycles. The van der Waals surface area contributed by atoms with Gasteiger partial charge in [0.2, 0.25) is 5.91 Å². The van der Waals surface area contributed by atoms with Gasteiger partial charge in [-0.2, -0.15) is 0 Å². The number of thioether (sulfide) groups is 1. The van der Waals surface area contributed by atoms with E-state index in [-0.39, 0.29) is 41.7 Å². The monoisotopic (exact) mass is 491 g/mol. The Labute approximate surface area is 202 Å². The maximum atomic E-state index is 13.0. The van der Waals surface area contributed by atoms with Gasteiger partial charge in [-0.25, -0.2) is 9.18 Å². The highest BCUT2D eigenvalue weighted by Gasteiger charge is 2.35. The van der Waals surface area contributed by atoms with Crippen LogP contribution >= 0.6 is 11.8 Å². The third kappa shape index (κ3) is 7.31. The van der Waals surface area contributed by atoms with Crippen molar-refractivity contribution in [1.82, 2.24) is 15.1 Å². The molecule has 184 valence electrons.